The summed E-state index contributed by atoms with van der Waals surface area (Å²) in [6.07, 6.45) is 3.42. The SMILES string of the molecule is CC[C@H](C)[C@@H](NC(=O)N(C)Cc1csc(NC(C)=O)n1)C(=O)N[C@@H](Cc1ccccc1)C(O)CN(CC1CCC1)S(=O)(=O)c1ccc(/C=N/O)cc1. The van der Waals surface area contributed by atoms with Crippen LogP contribution in [0.4, 0.5) is 9.93 Å². The maximum Gasteiger partial charge on any atom is 0.318 e. The second-order valence-electron chi connectivity index (χ2n) is 13.3. The molecule has 4 rings (SSSR count). The zero-order chi connectivity index (χ0) is 37.8. The minimum absolute atomic E-state index is 0.0328. The van der Waals surface area contributed by atoms with E-state index in [4.69, 9.17) is 5.21 Å². The van der Waals surface area contributed by atoms with Crippen LogP contribution in [0.3, 0.4) is 0 Å². The van der Waals surface area contributed by atoms with Gasteiger partial charge in [-0.15, -0.1) is 11.3 Å². The number of nitrogens with zero attached hydrogens (tertiary/aromatic N) is 4. The number of thiazole rings is 1. The molecule has 1 heterocycles. The second kappa shape index (κ2) is 18.9. The van der Waals surface area contributed by atoms with Crippen molar-refractivity contribution in [2.45, 2.75) is 82.5 Å². The summed E-state index contributed by atoms with van der Waals surface area (Å²) in [5.74, 6) is -0.898. The van der Waals surface area contributed by atoms with Crippen LogP contribution in [0.1, 0.15) is 63.3 Å². The number of rotatable bonds is 18. The highest BCUT2D eigenvalue weighted by atomic mass is 32.2. The van der Waals surface area contributed by atoms with E-state index in [1.54, 1.807) is 12.4 Å². The minimum Gasteiger partial charge on any atom is -0.411 e. The van der Waals surface area contributed by atoms with Crippen molar-refractivity contribution in [2.75, 3.05) is 25.5 Å². The quantitative estimate of drug-likeness (QED) is 0.0729. The van der Waals surface area contributed by atoms with Crippen LogP contribution < -0.4 is 16.0 Å². The molecule has 4 amide bonds. The van der Waals surface area contributed by atoms with Crippen molar-refractivity contribution in [3.8, 4) is 0 Å². The highest BCUT2D eigenvalue weighted by molar-refractivity contribution is 7.89. The van der Waals surface area contributed by atoms with Crippen molar-refractivity contribution in [2.24, 2.45) is 17.0 Å². The van der Waals surface area contributed by atoms with Gasteiger partial charge in [0.05, 0.1) is 35.5 Å². The van der Waals surface area contributed by atoms with Crippen LogP contribution in [0.15, 0.2) is 70.0 Å². The fourth-order valence-corrected chi connectivity index (χ4v) is 8.06. The third-order valence-corrected chi connectivity index (χ3v) is 11.9. The second-order valence-corrected chi connectivity index (χ2v) is 16.1. The van der Waals surface area contributed by atoms with Crippen LogP contribution in [0.2, 0.25) is 0 Å². The molecule has 1 saturated carbocycles. The average molecular weight is 756 g/mol. The molecule has 0 spiro atoms. The van der Waals surface area contributed by atoms with E-state index in [0.717, 1.165) is 24.8 Å². The Kier molecular flexibility index (Phi) is 14.7. The van der Waals surface area contributed by atoms with Gasteiger partial charge in [0, 0.05) is 32.4 Å². The Hall–Kier alpha value is -4.38. The molecule has 1 aromatic heterocycles. The Morgan fingerprint density at radius 2 is 1.79 bits per heavy atom. The molecule has 14 nitrogen and oxygen atoms in total. The number of hydrogen-bond donors (Lipinski definition) is 5. The number of amides is 4. The Labute approximate surface area is 309 Å². The number of hydrogen-bond acceptors (Lipinski definition) is 10. The van der Waals surface area contributed by atoms with Gasteiger partial charge in [0.25, 0.3) is 0 Å². The standard InChI is InChI=1S/C36H49N7O7S2/c1-5-24(2)33(41-36(47)42(4)21-29-23-51-35(39-29)38-25(3)44)34(46)40-31(18-26-10-7-6-8-11-26)32(45)22-43(20-28-12-9-13-28)52(49,50)30-16-14-27(15-17-30)19-37-48/h6-8,10-11,14-17,19,23-24,28,31-33,45,48H,5,9,12-13,18,20-22H2,1-4H3,(H,40,46)(H,41,47)(H,38,39,44)/b37-19+/t24-,31-,32?,33+/m0/s1. The van der Waals surface area contributed by atoms with Gasteiger partial charge in [-0.2, -0.15) is 4.31 Å². The number of oxime groups is 1. The number of carbonyl (C=O) groups excluding carboxylic acids is 3. The van der Waals surface area contributed by atoms with E-state index >= 15 is 0 Å². The fraction of sp³-hybridized carbons (Fsp3) is 0.472. The van der Waals surface area contributed by atoms with E-state index < -0.39 is 40.1 Å². The summed E-state index contributed by atoms with van der Waals surface area (Å²) in [6.45, 7) is 5.21. The van der Waals surface area contributed by atoms with Crippen LogP contribution in [-0.4, -0.2) is 95.3 Å². The predicted octanol–water partition coefficient (Wildman–Crippen LogP) is 4.05. The van der Waals surface area contributed by atoms with Gasteiger partial charge < -0.3 is 31.2 Å². The molecule has 1 aliphatic rings. The summed E-state index contributed by atoms with van der Waals surface area (Å²) >= 11 is 1.24. The number of aliphatic hydroxyl groups is 1. The molecule has 0 saturated heterocycles. The van der Waals surface area contributed by atoms with E-state index in [1.165, 1.54) is 57.9 Å². The smallest absolute Gasteiger partial charge is 0.318 e. The summed E-state index contributed by atoms with van der Waals surface area (Å²) < 4.78 is 29.3. The number of nitrogens with one attached hydrogen (secondary N) is 3. The van der Waals surface area contributed by atoms with Gasteiger partial charge >= 0.3 is 6.03 Å². The molecular weight excluding hydrogens is 707 g/mol. The van der Waals surface area contributed by atoms with Crippen molar-refractivity contribution < 1.29 is 33.1 Å². The maximum atomic E-state index is 14.0. The van der Waals surface area contributed by atoms with Gasteiger partial charge in [-0.25, -0.2) is 18.2 Å². The maximum absolute atomic E-state index is 14.0. The lowest BCUT2D eigenvalue weighted by Gasteiger charge is -2.35. The summed E-state index contributed by atoms with van der Waals surface area (Å²) in [6, 6.07) is 12.8. The normalized spacial score (nSPS) is 15.7. The van der Waals surface area contributed by atoms with Gasteiger partial charge in [0.15, 0.2) is 5.13 Å². The first-order valence-corrected chi connectivity index (χ1v) is 19.7. The highest BCUT2D eigenvalue weighted by Gasteiger charge is 2.35. The lowest BCUT2D eigenvalue weighted by atomic mass is 9.85. The van der Waals surface area contributed by atoms with E-state index in [1.807, 2.05) is 44.2 Å². The lowest BCUT2D eigenvalue weighted by Crippen LogP contribution is -2.58. The summed E-state index contributed by atoms with van der Waals surface area (Å²) in [4.78, 5) is 44.5. The Bertz CT molecular complexity index is 1770. The number of benzene rings is 2. The van der Waals surface area contributed by atoms with Gasteiger partial charge in [-0.3, -0.25) is 9.59 Å². The van der Waals surface area contributed by atoms with Crippen LogP contribution in [0.25, 0.3) is 0 Å². The third kappa shape index (κ3) is 11.3. The number of sulfonamides is 1. The molecule has 1 unspecified atom stereocenters. The van der Waals surface area contributed by atoms with E-state index in [-0.39, 0.29) is 48.7 Å². The predicted molar refractivity (Wildman–Crippen MR) is 200 cm³/mol. The summed E-state index contributed by atoms with van der Waals surface area (Å²) in [5.41, 5.74) is 1.91. The molecule has 2 aromatic carbocycles. The van der Waals surface area contributed by atoms with Crippen molar-refractivity contribution in [1.29, 1.82) is 0 Å². The largest absolute Gasteiger partial charge is 0.411 e. The summed E-state index contributed by atoms with van der Waals surface area (Å²) in [7, 11) is -2.48. The zero-order valence-corrected chi connectivity index (χ0v) is 31.6. The van der Waals surface area contributed by atoms with Crippen molar-refractivity contribution in [1.82, 2.24) is 24.8 Å². The van der Waals surface area contributed by atoms with Crippen LogP contribution >= 0.6 is 11.3 Å². The van der Waals surface area contributed by atoms with Crippen LogP contribution in [-0.2, 0) is 32.6 Å². The molecule has 52 heavy (non-hydrogen) atoms. The first kappa shape index (κ1) is 40.4. The number of carbonyl (C=O) groups is 3. The van der Waals surface area contributed by atoms with Crippen molar-refractivity contribution >= 4 is 50.6 Å². The number of aliphatic hydroxyl groups excluding tert-OH is 1. The van der Waals surface area contributed by atoms with E-state index in [0.29, 0.717) is 22.8 Å². The molecule has 0 aliphatic heterocycles. The lowest BCUT2D eigenvalue weighted by molar-refractivity contribution is -0.125. The van der Waals surface area contributed by atoms with Crippen molar-refractivity contribution in [3.63, 3.8) is 0 Å². The van der Waals surface area contributed by atoms with Gasteiger partial charge in [-0.1, -0.05) is 74.3 Å². The summed E-state index contributed by atoms with van der Waals surface area (Å²) in [5, 5.41) is 34.2. The first-order valence-electron chi connectivity index (χ1n) is 17.3. The van der Waals surface area contributed by atoms with Crippen molar-refractivity contribution in [3.05, 3.63) is 76.8 Å². The molecule has 0 bridgehead atoms. The molecule has 3 aromatic rings. The average Bonchev–Trinajstić information content (AvgIpc) is 3.53. The first-order chi connectivity index (χ1) is 24.8. The molecule has 282 valence electrons. The fourth-order valence-electron chi connectivity index (χ4n) is 5.78. The topological polar surface area (TPSA) is 194 Å². The molecule has 0 radical (unpaired) electrons. The Balaban J connectivity index is 1.54. The number of aromatic nitrogens is 1. The van der Waals surface area contributed by atoms with Crippen LogP contribution in [0, 0.1) is 11.8 Å². The number of urea groups is 1. The monoisotopic (exact) mass is 755 g/mol. The van der Waals surface area contributed by atoms with Gasteiger partial charge in [0.1, 0.15) is 6.04 Å². The van der Waals surface area contributed by atoms with Gasteiger partial charge in [0.2, 0.25) is 21.8 Å². The van der Waals surface area contributed by atoms with Gasteiger partial charge in [-0.05, 0) is 54.4 Å². The molecule has 1 fully saturated rings. The zero-order valence-electron chi connectivity index (χ0n) is 29.9. The number of anilines is 1. The molecule has 5 N–H and O–H groups in total. The van der Waals surface area contributed by atoms with E-state index in [2.05, 4.69) is 26.1 Å². The Morgan fingerprint density at radius 1 is 1.10 bits per heavy atom. The minimum atomic E-state index is -4.06. The van der Waals surface area contributed by atoms with E-state index in [9.17, 15) is 27.9 Å². The molecule has 16 heteroatoms. The van der Waals surface area contributed by atoms with Crippen LogP contribution in [0.5, 0.6) is 0 Å². The molecule has 1 aliphatic carbocycles. The molecule has 4 atom stereocenters. The highest BCUT2D eigenvalue weighted by Crippen LogP contribution is 2.30. The molecular formula is C36H49N7O7S2. The Morgan fingerprint density at radius 3 is 2.38 bits per heavy atom. The third-order valence-electron chi connectivity index (χ3n) is 9.25.